The molecule has 3 heteroatoms. The second-order valence-corrected chi connectivity index (χ2v) is 5.84. The molecule has 0 N–H and O–H groups in total. The van der Waals surface area contributed by atoms with Crippen LogP contribution in [0.15, 0.2) is 12.3 Å². The lowest BCUT2D eigenvalue weighted by molar-refractivity contribution is 0.0974. The number of rotatable bonds is 12. The van der Waals surface area contributed by atoms with Gasteiger partial charge >= 0.3 is 0 Å². The smallest absolute Gasteiger partial charge is 0.181 e. The standard InChI is InChI=1S/C18H30N2O/c1-3-4-5-6-7-8-9-10-11-12-13-18(21)17-14-15-19-16(2)20-17/h14-15H,3-13H2,1-2H3. The molecule has 0 radical (unpaired) electrons. The third-order valence-electron chi connectivity index (χ3n) is 3.82. The van der Waals surface area contributed by atoms with E-state index in [0.717, 1.165) is 12.8 Å². The molecule has 0 bridgehead atoms. The van der Waals surface area contributed by atoms with Gasteiger partial charge in [-0.05, 0) is 19.4 Å². The molecule has 118 valence electrons. The molecule has 0 unspecified atom stereocenters. The Hall–Kier alpha value is -1.25. The summed E-state index contributed by atoms with van der Waals surface area (Å²) in [5.74, 6) is 0.823. The summed E-state index contributed by atoms with van der Waals surface area (Å²) in [4.78, 5) is 20.1. The summed E-state index contributed by atoms with van der Waals surface area (Å²) in [5.41, 5.74) is 0.568. The van der Waals surface area contributed by atoms with E-state index in [2.05, 4.69) is 16.9 Å². The zero-order valence-corrected chi connectivity index (χ0v) is 13.7. The SMILES string of the molecule is CCCCCCCCCCCCC(=O)c1ccnc(C)n1. The lowest BCUT2D eigenvalue weighted by Crippen LogP contribution is -2.03. The van der Waals surface area contributed by atoms with Gasteiger partial charge in [-0.25, -0.2) is 9.97 Å². The summed E-state index contributed by atoms with van der Waals surface area (Å²) in [5, 5.41) is 0. The number of Topliss-reactive ketones (excluding diaryl/α,β-unsaturated/α-hetero) is 1. The molecular weight excluding hydrogens is 260 g/mol. The second kappa shape index (κ2) is 11.4. The monoisotopic (exact) mass is 290 g/mol. The van der Waals surface area contributed by atoms with Gasteiger partial charge in [-0.3, -0.25) is 4.79 Å². The summed E-state index contributed by atoms with van der Waals surface area (Å²) in [6.07, 6.45) is 15.2. The Morgan fingerprint density at radius 2 is 1.52 bits per heavy atom. The van der Waals surface area contributed by atoms with Gasteiger partial charge < -0.3 is 0 Å². The number of ketones is 1. The lowest BCUT2D eigenvalue weighted by Gasteiger charge is -2.03. The Balaban J connectivity index is 1.98. The van der Waals surface area contributed by atoms with Crippen LogP contribution in [0.2, 0.25) is 0 Å². The van der Waals surface area contributed by atoms with E-state index in [0.29, 0.717) is 17.9 Å². The van der Waals surface area contributed by atoms with Crippen LogP contribution in [0.3, 0.4) is 0 Å². The maximum Gasteiger partial charge on any atom is 0.181 e. The van der Waals surface area contributed by atoms with Crippen LogP contribution in [-0.2, 0) is 0 Å². The molecule has 0 atom stereocenters. The molecule has 0 aromatic carbocycles. The number of carbonyl (C=O) groups is 1. The van der Waals surface area contributed by atoms with E-state index < -0.39 is 0 Å². The minimum atomic E-state index is 0.153. The largest absolute Gasteiger partial charge is 0.292 e. The molecule has 3 nitrogen and oxygen atoms in total. The first kappa shape index (κ1) is 17.8. The van der Waals surface area contributed by atoms with Crippen molar-refractivity contribution in [2.24, 2.45) is 0 Å². The summed E-state index contributed by atoms with van der Waals surface area (Å²) >= 11 is 0. The van der Waals surface area contributed by atoms with Gasteiger partial charge in [0.25, 0.3) is 0 Å². The van der Waals surface area contributed by atoms with Crippen LogP contribution < -0.4 is 0 Å². The Morgan fingerprint density at radius 3 is 2.10 bits per heavy atom. The van der Waals surface area contributed by atoms with E-state index in [1.807, 2.05) is 6.92 Å². The van der Waals surface area contributed by atoms with Gasteiger partial charge in [-0.2, -0.15) is 0 Å². The van der Waals surface area contributed by atoms with Gasteiger partial charge in [0, 0.05) is 12.6 Å². The minimum absolute atomic E-state index is 0.153. The topological polar surface area (TPSA) is 42.9 Å². The van der Waals surface area contributed by atoms with Crippen LogP contribution >= 0.6 is 0 Å². The minimum Gasteiger partial charge on any atom is -0.292 e. The maximum absolute atomic E-state index is 11.9. The molecule has 1 aromatic rings. The van der Waals surface area contributed by atoms with Crippen molar-refractivity contribution in [1.82, 2.24) is 9.97 Å². The molecule has 0 spiro atoms. The van der Waals surface area contributed by atoms with Crippen LogP contribution in [0.25, 0.3) is 0 Å². The highest BCUT2D eigenvalue weighted by atomic mass is 16.1. The molecule has 21 heavy (non-hydrogen) atoms. The molecule has 0 fully saturated rings. The third kappa shape index (κ3) is 8.59. The van der Waals surface area contributed by atoms with E-state index in [4.69, 9.17) is 0 Å². The average molecular weight is 290 g/mol. The van der Waals surface area contributed by atoms with Crippen molar-refractivity contribution < 1.29 is 4.79 Å². The Kier molecular flexibility index (Phi) is 9.68. The number of aromatic nitrogens is 2. The fourth-order valence-corrected chi connectivity index (χ4v) is 2.51. The first-order valence-electron chi connectivity index (χ1n) is 8.57. The predicted octanol–water partition coefficient (Wildman–Crippen LogP) is 5.28. The summed E-state index contributed by atoms with van der Waals surface area (Å²) in [7, 11) is 0. The lowest BCUT2D eigenvalue weighted by atomic mass is 10.0. The van der Waals surface area contributed by atoms with Crippen molar-refractivity contribution in [3.63, 3.8) is 0 Å². The van der Waals surface area contributed by atoms with E-state index >= 15 is 0 Å². The van der Waals surface area contributed by atoms with E-state index in [9.17, 15) is 4.79 Å². The van der Waals surface area contributed by atoms with Crippen molar-refractivity contribution >= 4 is 5.78 Å². The highest BCUT2D eigenvalue weighted by Gasteiger charge is 2.07. The Morgan fingerprint density at radius 1 is 0.952 bits per heavy atom. The molecular formula is C18H30N2O. The third-order valence-corrected chi connectivity index (χ3v) is 3.82. The predicted molar refractivity (Wildman–Crippen MR) is 87.6 cm³/mol. The molecule has 0 aliphatic carbocycles. The summed E-state index contributed by atoms with van der Waals surface area (Å²) in [6, 6.07) is 1.71. The zero-order chi connectivity index (χ0) is 15.3. The van der Waals surface area contributed by atoms with Crippen LogP contribution in [0.5, 0.6) is 0 Å². The fraction of sp³-hybridized carbons (Fsp3) is 0.722. The van der Waals surface area contributed by atoms with Crippen LogP contribution in [0.4, 0.5) is 0 Å². The van der Waals surface area contributed by atoms with Crippen molar-refractivity contribution in [3.8, 4) is 0 Å². The molecule has 0 saturated carbocycles. The molecule has 1 heterocycles. The number of hydrogen-bond acceptors (Lipinski definition) is 3. The number of unbranched alkanes of at least 4 members (excludes halogenated alkanes) is 9. The highest BCUT2D eigenvalue weighted by molar-refractivity contribution is 5.94. The maximum atomic E-state index is 11.9. The number of nitrogens with zero attached hydrogens (tertiary/aromatic N) is 2. The van der Waals surface area contributed by atoms with Crippen molar-refractivity contribution in [3.05, 3.63) is 23.8 Å². The molecule has 0 saturated heterocycles. The molecule has 0 aliphatic rings. The van der Waals surface area contributed by atoms with Gasteiger partial charge in [0.05, 0.1) is 0 Å². The molecule has 0 amide bonds. The normalized spacial score (nSPS) is 10.8. The summed E-state index contributed by atoms with van der Waals surface area (Å²) < 4.78 is 0. The fourth-order valence-electron chi connectivity index (χ4n) is 2.51. The van der Waals surface area contributed by atoms with E-state index in [1.54, 1.807) is 12.3 Å². The zero-order valence-electron chi connectivity index (χ0n) is 13.7. The summed E-state index contributed by atoms with van der Waals surface area (Å²) in [6.45, 7) is 4.07. The van der Waals surface area contributed by atoms with Crippen LogP contribution in [0, 0.1) is 6.92 Å². The van der Waals surface area contributed by atoms with Crippen molar-refractivity contribution in [2.45, 2.75) is 84.5 Å². The number of hydrogen-bond donors (Lipinski definition) is 0. The molecule has 1 aromatic heterocycles. The highest BCUT2D eigenvalue weighted by Crippen LogP contribution is 2.12. The Labute approximate surface area is 129 Å². The first-order chi connectivity index (χ1) is 10.2. The van der Waals surface area contributed by atoms with E-state index in [1.165, 1.54) is 51.4 Å². The van der Waals surface area contributed by atoms with Crippen LogP contribution in [0.1, 0.15) is 93.9 Å². The van der Waals surface area contributed by atoms with Gasteiger partial charge in [-0.1, -0.05) is 64.7 Å². The average Bonchev–Trinajstić information content (AvgIpc) is 2.49. The van der Waals surface area contributed by atoms with Gasteiger partial charge in [0.15, 0.2) is 5.78 Å². The van der Waals surface area contributed by atoms with Gasteiger partial charge in [0.2, 0.25) is 0 Å². The van der Waals surface area contributed by atoms with E-state index in [-0.39, 0.29) is 5.78 Å². The molecule has 0 aliphatic heterocycles. The first-order valence-corrected chi connectivity index (χ1v) is 8.57. The van der Waals surface area contributed by atoms with Crippen LogP contribution in [-0.4, -0.2) is 15.8 Å². The van der Waals surface area contributed by atoms with Gasteiger partial charge in [0.1, 0.15) is 11.5 Å². The quantitative estimate of drug-likeness (QED) is 0.388. The van der Waals surface area contributed by atoms with Gasteiger partial charge in [-0.15, -0.1) is 0 Å². The van der Waals surface area contributed by atoms with Crippen molar-refractivity contribution in [1.29, 1.82) is 0 Å². The number of aryl methyl sites for hydroxylation is 1. The molecule has 1 rings (SSSR count). The number of carbonyl (C=O) groups excluding carboxylic acids is 1. The van der Waals surface area contributed by atoms with Crippen molar-refractivity contribution in [2.75, 3.05) is 0 Å². The second-order valence-electron chi connectivity index (χ2n) is 5.84. The Bertz CT molecular complexity index is 404.